The van der Waals surface area contributed by atoms with Crippen LogP contribution in [0, 0.1) is 10.1 Å². The minimum atomic E-state index is -0.374. The molecule has 2 rings (SSSR count). The number of hydrogen-bond acceptors (Lipinski definition) is 4. The Balaban J connectivity index is 2.70. The van der Waals surface area contributed by atoms with E-state index in [4.69, 9.17) is 5.73 Å². The Morgan fingerprint density at radius 1 is 1.63 bits per heavy atom. The number of nitro benzene ring substituents is 1. The zero-order valence-corrected chi connectivity index (χ0v) is 11.2. The minimum absolute atomic E-state index is 0.105. The largest absolute Gasteiger partial charge is 0.387 e. The van der Waals surface area contributed by atoms with Crippen molar-refractivity contribution in [1.82, 2.24) is 0 Å². The molecule has 0 fully saturated rings. The van der Waals surface area contributed by atoms with Gasteiger partial charge < -0.3 is 5.73 Å². The summed E-state index contributed by atoms with van der Waals surface area (Å²) in [6.07, 6.45) is 1.72. The lowest BCUT2D eigenvalue weighted by Crippen LogP contribution is -2.09. The molecule has 6 heteroatoms. The standard InChI is InChI=1S/C13H13N3O2S/c1-3-9-7-19-13-10(12(9)15-8(2)14)5-4-6-11(13)16(17)18/h3-6H,1,7H2,2H3,(H2,14,15). The van der Waals surface area contributed by atoms with Gasteiger partial charge >= 0.3 is 0 Å². The van der Waals surface area contributed by atoms with Gasteiger partial charge in [-0.25, -0.2) is 4.99 Å². The molecule has 1 aromatic carbocycles. The lowest BCUT2D eigenvalue weighted by atomic mass is 10.1. The third-order valence-electron chi connectivity index (χ3n) is 2.66. The normalized spacial score (nSPS) is 15.1. The zero-order chi connectivity index (χ0) is 14.0. The topological polar surface area (TPSA) is 81.5 Å². The quantitative estimate of drug-likeness (QED) is 0.398. The maximum atomic E-state index is 11.0. The molecule has 0 saturated heterocycles. The van der Waals surface area contributed by atoms with Crippen LogP contribution in [0.4, 0.5) is 5.69 Å². The summed E-state index contributed by atoms with van der Waals surface area (Å²) in [5, 5.41) is 11.0. The van der Waals surface area contributed by atoms with Gasteiger partial charge in [0.05, 0.1) is 21.4 Å². The van der Waals surface area contributed by atoms with E-state index in [1.165, 1.54) is 17.8 Å². The van der Waals surface area contributed by atoms with E-state index < -0.39 is 0 Å². The minimum Gasteiger partial charge on any atom is -0.387 e. The van der Waals surface area contributed by atoms with Gasteiger partial charge in [0, 0.05) is 17.4 Å². The Bertz CT molecular complexity index is 616. The zero-order valence-electron chi connectivity index (χ0n) is 10.4. The van der Waals surface area contributed by atoms with Crippen LogP contribution in [0.5, 0.6) is 0 Å². The second-order valence-electron chi connectivity index (χ2n) is 4.03. The highest BCUT2D eigenvalue weighted by Crippen LogP contribution is 2.42. The SMILES string of the molecule is C=CC1=C(N=C(C)N)c2cccc([N+](=O)[O-])c2SC1. The van der Waals surface area contributed by atoms with Gasteiger partial charge in [-0.05, 0) is 12.5 Å². The fraction of sp³-hybridized carbons (Fsp3) is 0.154. The number of benzene rings is 1. The number of thioether (sulfide) groups is 1. The molecule has 0 bridgehead atoms. The van der Waals surface area contributed by atoms with Crippen LogP contribution in [-0.2, 0) is 0 Å². The molecule has 1 aromatic rings. The van der Waals surface area contributed by atoms with Gasteiger partial charge in [-0.1, -0.05) is 24.8 Å². The molecule has 0 aliphatic carbocycles. The van der Waals surface area contributed by atoms with Crippen LogP contribution in [0.3, 0.4) is 0 Å². The predicted octanol–water partition coefficient (Wildman–Crippen LogP) is 2.97. The van der Waals surface area contributed by atoms with Crippen LogP contribution in [0.25, 0.3) is 5.70 Å². The first kappa shape index (κ1) is 13.4. The maximum Gasteiger partial charge on any atom is 0.283 e. The molecule has 0 saturated carbocycles. The summed E-state index contributed by atoms with van der Waals surface area (Å²) >= 11 is 1.43. The summed E-state index contributed by atoms with van der Waals surface area (Å²) in [5.74, 6) is 1.02. The number of nitrogens with zero attached hydrogens (tertiary/aromatic N) is 2. The van der Waals surface area contributed by atoms with Crippen LogP contribution < -0.4 is 5.73 Å². The highest BCUT2D eigenvalue weighted by atomic mass is 32.2. The summed E-state index contributed by atoms with van der Waals surface area (Å²) < 4.78 is 0. The van der Waals surface area contributed by atoms with Crippen LogP contribution >= 0.6 is 11.8 Å². The Morgan fingerprint density at radius 3 is 2.95 bits per heavy atom. The average molecular weight is 275 g/mol. The molecule has 1 heterocycles. The molecule has 1 aliphatic heterocycles. The van der Waals surface area contributed by atoms with Crippen molar-refractivity contribution in [3.63, 3.8) is 0 Å². The molecule has 0 unspecified atom stereocenters. The van der Waals surface area contributed by atoms with E-state index in [1.54, 1.807) is 19.1 Å². The smallest absolute Gasteiger partial charge is 0.283 e. The number of nitro groups is 1. The van der Waals surface area contributed by atoms with Gasteiger partial charge in [-0.3, -0.25) is 10.1 Å². The molecule has 98 valence electrons. The Hall–Kier alpha value is -2.08. The first-order valence-corrected chi connectivity index (χ1v) is 6.60. The molecule has 5 nitrogen and oxygen atoms in total. The Kier molecular flexibility index (Phi) is 3.71. The molecule has 0 aromatic heterocycles. The summed E-state index contributed by atoms with van der Waals surface area (Å²) in [5.41, 5.74) is 8.09. The lowest BCUT2D eigenvalue weighted by molar-refractivity contribution is -0.387. The summed E-state index contributed by atoms with van der Waals surface area (Å²) in [6.45, 7) is 5.44. The van der Waals surface area contributed by atoms with Crippen molar-refractivity contribution in [2.24, 2.45) is 10.7 Å². The molecule has 0 radical (unpaired) electrons. The highest BCUT2D eigenvalue weighted by molar-refractivity contribution is 7.99. The van der Waals surface area contributed by atoms with Gasteiger partial charge in [-0.2, -0.15) is 0 Å². The second-order valence-corrected chi connectivity index (χ2v) is 5.02. The van der Waals surface area contributed by atoms with Crippen molar-refractivity contribution in [2.75, 3.05) is 5.75 Å². The molecule has 1 aliphatic rings. The third kappa shape index (κ3) is 2.53. The predicted molar refractivity (Wildman–Crippen MR) is 78.2 cm³/mol. The van der Waals surface area contributed by atoms with E-state index >= 15 is 0 Å². The maximum absolute atomic E-state index is 11.0. The number of hydrogen-bond donors (Lipinski definition) is 1. The third-order valence-corrected chi connectivity index (χ3v) is 3.83. The van der Waals surface area contributed by atoms with Gasteiger partial charge in [0.15, 0.2) is 0 Å². The van der Waals surface area contributed by atoms with Gasteiger partial charge in [0.25, 0.3) is 5.69 Å². The molecule has 2 N–H and O–H groups in total. The van der Waals surface area contributed by atoms with Gasteiger partial charge in [-0.15, -0.1) is 11.8 Å². The molecular weight excluding hydrogens is 262 g/mol. The number of allylic oxidation sites excluding steroid dienone is 1. The molecular formula is C13H13N3O2S. The van der Waals surface area contributed by atoms with Gasteiger partial charge in [0.2, 0.25) is 0 Å². The van der Waals surface area contributed by atoms with Crippen LogP contribution in [-0.4, -0.2) is 16.5 Å². The van der Waals surface area contributed by atoms with E-state index in [0.29, 0.717) is 22.2 Å². The molecule has 0 atom stereocenters. The fourth-order valence-electron chi connectivity index (χ4n) is 1.86. The van der Waals surface area contributed by atoms with Crippen LogP contribution in [0.15, 0.2) is 46.3 Å². The molecule has 19 heavy (non-hydrogen) atoms. The monoisotopic (exact) mass is 275 g/mol. The van der Waals surface area contributed by atoms with E-state index in [-0.39, 0.29) is 10.6 Å². The summed E-state index contributed by atoms with van der Waals surface area (Å²) in [4.78, 5) is 15.6. The van der Waals surface area contributed by atoms with E-state index in [1.807, 2.05) is 6.07 Å². The van der Waals surface area contributed by atoms with Crippen LogP contribution in [0.2, 0.25) is 0 Å². The van der Waals surface area contributed by atoms with Crippen molar-refractivity contribution in [1.29, 1.82) is 0 Å². The van der Waals surface area contributed by atoms with E-state index in [0.717, 1.165) is 11.1 Å². The van der Waals surface area contributed by atoms with Crippen molar-refractivity contribution < 1.29 is 4.92 Å². The number of fused-ring (bicyclic) bond motifs is 1. The van der Waals surface area contributed by atoms with Crippen LogP contribution in [0.1, 0.15) is 12.5 Å². The number of amidine groups is 1. The Labute approximate surface area is 115 Å². The summed E-state index contributed by atoms with van der Waals surface area (Å²) in [7, 11) is 0. The average Bonchev–Trinajstić information content (AvgIpc) is 2.37. The Morgan fingerprint density at radius 2 is 2.37 bits per heavy atom. The highest BCUT2D eigenvalue weighted by Gasteiger charge is 2.25. The number of rotatable bonds is 3. The van der Waals surface area contributed by atoms with Gasteiger partial charge in [0.1, 0.15) is 0 Å². The number of aliphatic imine (C=N–C) groups is 1. The van der Waals surface area contributed by atoms with Crippen molar-refractivity contribution in [2.45, 2.75) is 11.8 Å². The number of nitrogens with two attached hydrogens (primary N) is 1. The first-order chi connectivity index (χ1) is 9.04. The molecule has 0 amide bonds. The second kappa shape index (κ2) is 5.27. The molecule has 0 spiro atoms. The van der Waals surface area contributed by atoms with Crippen molar-refractivity contribution in [3.05, 3.63) is 52.1 Å². The lowest BCUT2D eigenvalue weighted by Gasteiger charge is -2.18. The van der Waals surface area contributed by atoms with Crippen molar-refractivity contribution in [3.8, 4) is 0 Å². The summed E-state index contributed by atoms with van der Waals surface area (Å²) in [6, 6.07) is 4.98. The first-order valence-electron chi connectivity index (χ1n) is 5.61. The van der Waals surface area contributed by atoms with E-state index in [9.17, 15) is 10.1 Å². The fourth-order valence-corrected chi connectivity index (χ4v) is 3.03. The van der Waals surface area contributed by atoms with E-state index in [2.05, 4.69) is 11.6 Å². The van der Waals surface area contributed by atoms with Crippen molar-refractivity contribution >= 4 is 29.0 Å².